The van der Waals surface area contributed by atoms with Gasteiger partial charge in [0, 0.05) is 23.0 Å². The maximum Gasteiger partial charge on any atom is 0.358 e. The number of aryl methyl sites for hydroxylation is 1. The molecule has 0 bridgehead atoms. The van der Waals surface area contributed by atoms with Crippen molar-refractivity contribution >= 4 is 23.2 Å². The quantitative estimate of drug-likeness (QED) is 0.759. The monoisotopic (exact) mass is 372 g/mol. The highest BCUT2D eigenvalue weighted by molar-refractivity contribution is 7.13. The van der Waals surface area contributed by atoms with E-state index in [0.29, 0.717) is 0 Å². The molecule has 3 rings (SSSR count). The van der Waals surface area contributed by atoms with Crippen LogP contribution in [0.4, 0.5) is 0 Å². The van der Waals surface area contributed by atoms with E-state index in [0.717, 1.165) is 29.8 Å². The van der Waals surface area contributed by atoms with Gasteiger partial charge in [0.25, 0.3) is 5.91 Å². The Bertz CT molecular complexity index is 775. The molecule has 1 aromatic carbocycles. The molecular formula is C20H24N2O3S. The van der Waals surface area contributed by atoms with Crippen LogP contribution in [0.15, 0.2) is 29.6 Å². The molecule has 0 radical (unpaired) electrons. The molecule has 1 aromatic heterocycles. The lowest BCUT2D eigenvalue weighted by Crippen LogP contribution is -2.49. The van der Waals surface area contributed by atoms with Gasteiger partial charge in [-0.25, -0.2) is 9.78 Å². The number of amides is 1. The number of thiazole rings is 1. The number of carbonyl (C=O) groups excluding carboxylic acids is 2. The number of hydrogen-bond donors (Lipinski definition) is 0. The van der Waals surface area contributed by atoms with E-state index in [1.807, 2.05) is 49.9 Å². The van der Waals surface area contributed by atoms with Crippen molar-refractivity contribution in [1.29, 1.82) is 0 Å². The molecule has 1 fully saturated rings. The van der Waals surface area contributed by atoms with E-state index in [9.17, 15) is 9.59 Å². The average Bonchev–Trinajstić information content (AvgIpc) is 3.10. The molecule has 1 aliphatic rings. The van der Waals surface area contributed by atoms with Crippen molar-refractivity contribution in [3.63, 3.8) is 0 Å². The first-order valence-electron chi connectivity index (χ1n) is 8.96. The number of carbonyl (C=O) groups is 2. The maximum atomic E-state index is 12.4. The van der Waals surface area contributed by atoms with E-state index in [-0.39, 0.29) is 30.3 Å². The summed E-state index contributed by atoms with van der Waals surface area (Å²) in [5.41, 5.74) is 2.38. The normalized spacial score (nSPS) is 20.0. The van der Waals surface area contributed by atoms with Gasteiger partial charge in [0.2, 0.25) is 0 Å². The van der Waals surface area contributed by atoms with E-state index in [1.165, 1.54) is 16.9 Å². The van der Waals surface area contributed by atoms with Crippen LogP contribution in [0, 0.1) is 6.92 Å². The first kappa shape index (κ1) is 18.6. The molecule has 1 aliphatic heterocycles. The van der Waals surface area contributed by atoms with Crippen LogP contribution in [-0.2, 0) is 9.53 Å². The highest BCUT2D eigenvalue weighted by Crippen LogP contribution is 2.25. The molecule has 0 N–H and O–H groups in total. The zero-order valence-electron chi connectivity index (χ0n) is 15.4. The van der Waals surface area contributed by atoms with Crippen molar-refractivity contribution in [3.8, 4) is 10.6 Å². The van der Waals surface area contributed by atoms with E-state index < -0.39 is 5.97 Å². The Kier molecular flexibility index (Phi) is 5.71. The van der Waals surface area contributed by atoms with E-state index in [2.05, 4.69) is 4.98 Å². The Hall–Kier alpha value is -2.21. The van der Waals surface area contributed by atoms with Crippen LogP contribution in [0.5, 0.6) is 0 Å². The Labute approximate surface area is 158 Å². The lowest BCUT2D eigenvalue weighted by atomic mass is 9.97. The number of benzene rings is 1. The van der Waals surface area contributed by atoms with Crippen molar-refractivity contribution in [3.05, 3.63) is 40.9 Å². The van der Waals surface area contributed by atoms with Gasteiger partial charge in [-0.2, -0.15) is 0 Å². The average molecular weight is 372 g/mol. The molecule has 6 heteroatoms. The van der Waals surface area contributed by atoms with Gasteiger partial charge in [0.1, 0.15) is 5.01 Å². The predicted octanol–water partition coefficient (Wildman–Crippen LogP) is 4.06. The van der Waals surface area contributed by atoms with Gasteiger partial charge >= 0.3 is 5.97 Å². The highest BCUT2D eigenvalue weighted by Gasteiger charge is 2.29. The molecule has 2 atom stereocenters. The van der Waals surface area contributed by atoms with Gasteiger partial charge in [-0.1, -0.05) is 29.8 Å². The van der Waals surface area contributed by atoms with Crippen LogP contribution in [0.2, 0.25) is 0 Å². The summed E-state index contributed by atoms with van der Waals surface area (Å²) in [6, 6.07) is 8.36. The third-order valence-corrected chi connectivity index (χ3v) is 5.71. The minimum atomic E-state index is -0.551. The number of hydrogen-bond acceptors (Lipinski definition) is 5. The van der Waals surface area contributed by atoms with Gasteiger partial charge in [0.05, 0.1) is 0 Å². The molecule has 1 amide bonds. The number of ether oxygens (including phenoxy) is 1. The van der Waals surface area contributed by atoms with Gasteiger partial charge in [-0.05, 0) is 40.0 Å². The Balaban J connectivity index is 1.60. The number of likely N-dealkylation sites (tertiary alicyclic amines) is 1. The third-order valence-electron chi connectivity index (χ3n) is 4.82. The summed E-state index contributed by atoms with van der Waals surface area (Å²) < 4.78 is 5.22. The zero-order valence-corrected chi connectivity index (χ0v) is 16.2. The Morgan fingerprint density at radius 1 is 1.19 bits per heavy atom. The second-order valence-electron chi connectivity index (χ2n) is 6.91. The molecular weight excluding hydrogens is 348 g/mol. The van der Waals surface area contributed by atoms with Gasteiger partial charge in [-0.15, -0.1) is 11.3 Å². The van der Waals surface area contributed by atoms with Crippen molar-refractivity contribution in [2.75, 3.05) is 6.61 Å². The molecule has 138 valence electrons. The first-order chi connectivity index (χ1) is 12.5. The fraction of sp³-hybridized carbons (Fsp3) is 0.450. The van der Waals surface area contributed by atoms with Gasteiger partial charge in [0.15, 0.2) is 12.3 Å². The molecule has 1 saturated heterocycles. The van der Waals surface area contributed by atoms with Gasteiger partial charge < -0.3 is 9.64 Å². The minimum Gasteiger partial charge on any atom is -0.451 e. The molecule has 2 aromatic rings. The fourth-order valence-corrected chi connectivity index (χ4v) is 4.18. The lowest BCUT2D eigenvalue weighted by molar-refractivity contribution is -0.140. The SMILES string of the molecule is Cc1ccc(-c2nc(C(=O)OCC(=O)N3[C@@H](C)CCC[C@@H]3C)cs2)cc1. The smallest absolute Gasteiger partial charge is 0.358 e. The second-order valence-corrected chi connectivity index (χ2v) is 7.77. The maximum absolute atomic E-state index is 12.4. The molecule has 0 aliphatic carbocycles. The number of esters is 1. The summed E-state index contributed by atoms with van der Waals surface area (Å²) in [5.74, 6) is -0.683. The third kappa shape index (κ3) is 4.12. The van der Waals surface area contributed by atoms with Crippen LogP contribution < -0.4 is 0 Å². The van der Waals surface area contributed by atoms with Crippen LogP contribution in [0.25, 0.3) is 10.6 Å². The van der Waals surface area contributed by atoms with Crippen molar-refractivity contribution in [1.82, 2.24) is 9.88 Å². The van der Waals surface area contributed by atoms with Crippen molar-refractivity contribution in [2.24, 2.45) is 0 Å². The van der Waals surface area contributed by atoms with Crippen molar-refractivity contribution in [2.45, 2.75) is 52.1 Å². The van der Waals surface area contributed by atoms with Crippen LogP contribution in [0.3, 0.4) is 0 Å². The number of nitrogens with zero attached hydrogens (tertiary/aromatic N) is 2. The van der Waals surface area contributed by atoms with Crippen LogP contribution >= 0.6 is 11.3 Å². The van der Waals surface area contributed by atoms with E-state index >= 15 is 0 Å². The fourth-order valence-electron chi connectivity index (χ4n) is 3.38. The summed E-state index contributed by atoms with van der Waals surface area (Å²) >= 11 is 1.39. The van der Waals surface area contributed by atoms with Crippen molar-refractivity contribution < 1.29 is 14.3 Å². The largest absolute Gasteiger partial charge is 0.451 e. The lowest BCUT2D eigenvalue weighted by Gasteiger charge is -2.38. The first-order valence-corrected chi connectivity index (χ1v) is 9.84. The predicted molar refractivity (Wildman–Crippen MR) is 102 cm³/mol. The Morgan fingerprint density at radius 2 is 1.85 bits per heavy atom. The summed E-state index contributed by atoms with van der Waals surface area (Å²) in [4.78, 5) is 30.9. The topological polar surface area (TPSA) is 59.5 Å². The van der Waals surface area contributed by atoms with Crippen LogP contribution in [-0.4, -0.2) is 40.5 Å². The van der Waals surface area contributed by atoms with E-state index in [1.54, 1.807) is 5.38 Å². The summed E-state index contributed by atoms with van der Waals surface area (Å²) in [5, 5.41) is 2.44. The summed E-state index contributed by atoms with van der Waals surface area (Å²) in [6.07, 6.45) is 3.12. The molecule has 0 spiro atoms. The summed E-state index contributed by atoms with van der Waals surface area (Å²) in [6.45, 7) is 5.88. The molecule has 0 saturated carbocycles. The zero-order chi connectivity index (χ0) is 18.7. The van der Waals surface area contributed by atoms with Crippen LogP contribution in [0.1, 0.15) is 49.2 Å². The standard InChI is InChI=1S/C20H24N2O3S/c1-13-7-9-16(10-8-13)19-21-17(12-26-19)20(24)25-11-18(23)22-14(2)5-4-6-15(22)3/h7-10,12,14-15H,4-6,11H2,1-3H3/t14-,15-/m0/s1. The molecule has 5 nitrogen and oxygen atoms in total. The Morgan fingerprint density at radius 3 is 2.50 bits per heavy atom. The number of rotatable bonds is 4. The molecule has 26 heavy (non-hydrogen) atoms. The van der Waals surface area contributed by atoms with Gasteiger partial charge in [-0.3, -0.25) is 4.79 Å². The van der Waals surface area contributed by atoms with E-state index in [4.69, 9.17) is 4.74 Å². The molecule has 0 unspecified atom stereocenters. The molecule has 2 heterocycles. The summed E-state index contributed by atoms with van der Waals surface area (Å²) in [7, 11) is 0. The second kappa shape index (κ2) is 7.99. The minimum absolute atomic E-state index is 0.132. The number of piperidine rings is 1. The number of aromatic nitrogens is 1. The highest BCUT2D eigenvalue weighted by atomic mass is 32.1.